The van der Waals surface area contributed by atoms with Gasteiger partial charge in [-0.2, -0.15) is 0 Å². The van der Waals surface area contributed by atoms with Crippen molar-refractivity contribution in [3.8, 4) is 0 Å². The lowest BCUT2D eigenvalue weighted by Gasteiger charge is -2.10. The molecular formula is C14H16N2OS2. The summed E-state index contributed by atoms with van der Waals surface area (Å²) in [4.78, 5) is 19.7. The van der Waals surface area contributed by atoms with Crippen molar-refractivity contribution in [1.29, 1.82) is 0 Å². The summed E-state index contributed by atoms with van der Waals surface area (Å²) in [7, 11) is 0. The molecule has 0 spiro atoms. The number of rotatable bonds is 3. The van der Waals surface area contributed by atoms with E-state index in [1.807, 2.05) is 13.2 Å². The molecule has 1 aliphatic rings. The van der Waals surface area contributed by atoms with Crippen LogP contribution in [-0.4, -0.2) is 15.8 Å². The van der Waals surface area contributed by atoms with Crippen molar-refractivity contribution in [2.45, 2.75) is 37.9 Å². The zero-order valence-electron chi connectivity index (χ0n) is 11.2. The minimum atomic E-state index is 0.108. The van der Waals surface area contributed by atoms with E-state index in [4.69, 9.17) is 0 Å². The molecule has 0 atom stereocenters. The Morgan fingerprint density at radius 3 is 3.00 bits per heavy atom. The first-order chi connectivity index (χ1) is 9.11. The molecule has 0 amide bonds. The number of nitrogens with zero attached hydrogens (tertiary/aromatic N) is 2. The summed E-state index contributed by atoms with van der Waals surface area (Å²) in [6.45, 7) is 6.41. The minimum Gasteiger partial charge on any atom is -0.283 e. The van der Waals surface area contributed by atoms with Crippen LogP contribution in [0.25, 0.3) is 10.2 Å². The average Bonchev–Trinajstić information content (AvgIpc) is 2.91. The van der Waals surface area contributed by atoms with Gasteiger partial charge in [-0.3, -0.25) is 9.36 Å². The van der Waals surface area contributed by atoms with Gasteiger partial charge in [0.1, 0.15) is 4.83 Å². The van der Waals surface area contributed by atoms with Crippen LogP contribution in [0.4, 0.5) is 0 Å². The maximum atomic E-state index is 12.7. The van der Waals surface area contributed by atoms with Gasteiger partial charge >= 0.3 is 0 Å². The molecule has 0 unspecified atom stereocenters. The number of aryl methyl sites for hydroxylation is 2. The number of thioether (sulfide) groups is 1. The Morgan fingerprint density at radius 2 is 2.32 bits per heavy atom. The molecule has 5 heteroatoms. The summed E-state index contributed by atoms with van der Waals surface area (Å²) in [5, 5.41) is 1.65. The van der Waals surface area contributed by atoms with Crippen molar-refractivity contribution in [2.24, 2.45) is 0 Å². The van der Waals surface area contributed by atoms with Gasteiger partial charge in [0.05, 0.1) is 5.39 Å². The smallest absolute Gasteiger partial charge is 0.263 e. The molecule has 19 heavy (non-hydrogen) atoms. The number of fused-ring (bicyclic) bond motifs is 3. The van der Waals surface area contributed by atoms with E-state index in [-0.39, 0.29) is 5.56 Å². The molecule has 0 aromatic carbocycles. The first kappa shape index (κ1) is 12.9. The molecule has 0 saturated carbocycles. The zero-order valence-corrected chi connectivity index (χ0v) is 12.8. The lowest BCUT2D eigenvalue weighted by Crippen LogP contribution is -2.23. The first-order valence-corrected chi connectivity index (χ1v) is 8.39. The first-order valence-electron chi connectivity index (χ1n) is 6.35. The molecule has 0 N–H and O–H groups in total. The van der Waals surface area contributed by atoms with Crippen molar-refractivity contribution < 1.29 is 0 Å². The quantitative estimate of drug-likeness (QED) is 0.495. The van der Waals surface area contributed by atoms with Crippen molar-refractivity contribution >= 4 is 33.3 Å². The van der Waals surface area contributed by atoms with Gasteiger partial charge in [-0.25, -0.2) is 4.98 Å². The molecular weight excluding hydrogens is 276 g/mol. The molecule has 2 heterocycles. The van der Waals surface area contributed by atoms with Gasteiger partial charge in [0.2, 0.25) is 0 Å². The van der Waals surface area contributed by atoms with Crippen LogP contribution >= 0.6 is 23.1 Å². The molecule has 100 valence electrons. The van der Waals surface area contributed by atoms with Crippen LogP contribution in [-0.2, 0) is 19.4 Å². The highest BCUT2D eigenvalue weighted by Gasteiger charge is 2.22. The number of hydrogen-bond donors (Lipinski definition) is 0. The zero-order chi connectivity index (χ0) is 13.6. The summed E-state index contributed by atoms with van der Waals surface area (Å²) in [5.41, 5.74) is 2.34. The van der Waals surface area contributed by atoms with Gasteiger partial charge in [0, 0.05) is 11.4 Å². The number of allylic oxidation sites excluding steroid dienone is 1. The Labute approximate surface area is 120 Å². The predicted molar refractivity (Wildman–Crippen MR) is 82.5 cm³/mol. The van der Waals surface area contributed by atoms with E-state index in [2.05, 4.69) is 11.6 Å². The maximum Gasteiger partial charge on any atom is 0.263 e. The van der Waals surface area contributed by atoms with E-state index >= 15 is 0 Å². The topological polar surface area (TPSA) is 34.9 Å². The van der Waals surface area contributed by atoms with E-state index in [1.54, 1.807) is 15.9 Å². The van der Waals surface area contributed by atoms with E-state index in [0.29, 0.717) is 6.54 Å². The second-order valence-electron chi connectivity index (χ2n) is 4.98. The van der Waals surface area contributed by atoms with E-state index in [1.165, 1.54) is 28.6 Å². The van der Waals surface area contributed by atoms with Crippen LogP contribution in [0.2, 0.25) is 0 Å². The fraction of sp³-hybridized carbons (Fsp3) is 0.429. The Balaban J connectivity index is 2.32. The highest BCUT2D eigenvalue weighted by Crippen LogP contribution is 2.35. The number of thiophene rings is 1. The van der Waals surface area contributed by atoms with Crippen molar-refractivity contribution in [2.75, 3.05) is 6.26 Å². The highest BCUT2D eigenvalue weighted by atomic mass is 32.2. The summed E-state index contributed by atoms with van der Waals surface area (Å²) in [5.74, 6) is 0. The van der Waals surface area contributed by atoms with Crippen molar-refractivity contribution in [3.63, 3.8) is 0 Å². The second kappa shape index (κ2) is 4.80. The van der Waals surface area contributed by atoms with Gasteiger partial charge in [-0.05, 0) is 38.0 Å². The highest BCUT2D eigenvalue weighted by molar-refractivity contribution is 7.98. The summed E-state index contributed by atoms with van der Waals surface area (Å²) in [6, 6.07) is 0. The molecule has 0 fully saturated rings. The van der Waals surface area contributed by atoms with Crippen LogP contribution in [0.3, 0.4) is 0 Å². The monoisotopic (exact) mass is 292 g/mol. The Morgan fingerprint density at radius 1 is 1.53 bits per heavy atom. The molecule has 2 aromatic rings. The fourth-order valence-electron chi connectivity index (χ4n) is 2.62. The summed E-state index contributed by atoms with van der Waals surface area (Å²) in [6.07, 6.45) is 5.26. The Bertz CT molecular complexity index is 727. The SMILES string of the molecule is C=C(C)Cn1c(SC)nc2sc3c(c2c1=O)CCC3. The van der Waals surface area contributed by atoms with Crippen LogP contribution < -0.4 is 5.56 Å². The third-order valence-corrected chi connectivity index (χ3v) is 5.26. The molecule has 3 nitrogen and oxygen atoms in total. The molecule has 0 saturated heterocycles. The predicted octanol–water partition coefficient (Wildman–Crippen LogP) is 3.24. The summed E-state index contributed by atoms with van der Waals surface area (Å²) < 4.78 is 1.76. The lowest BCUT2D eigenvalue weighted by atomic mass is 10.2. The number of aromatic nitrogens is 2. The summed E-state index contributed by atoms with van der Waals surface area (Å²) >= 11 is 3.22. The minimum absolute atomic E-state index is 0.108. The molecule has 0 bridgehead atoms. The van der Waals surface area contributed by atoms with Gasteiger partial charge in [0.25, 0.3) is 5.56 Å². The second-order valence-corrected chi connectivity index (χ2v) is 6.84. The van der Waals surface area contributed by atoms with Crippen molar-refractivity contribution in [1.82, 2.24) is 9.55 Å². The van der Waals surface area contributed by atoms with E-state index in [9.17, 15) is 4.79 Å². The Kier molecular flexibility index (Phi) is 3.27. The maximum absolute atomic E-state index is 12.7. The van der Waals surface area contributed by atoms with Gasteiger partial charge < -0.3 is 0 Å². The van der Waals surface area contributed by atoms with E-state index in [0.717, 1.165) is 33.8 Å². The van der Waals surface area contributed by atoms with Gasteiger partial charge in [0.15, 0.2) is 5.16 Å². The van der Waals surface area contributed by atoms with Gasteiger partial charge in [-0.15, -0.1) is 11.3 Å². The molecule has 2 aromatic heterocycles. The third kappa shape index (κ3) is 2.05. The molecule has 0 aliphatic heterocycles. The largest absolute Gasteiger partial charge is 0.283 e. The Hall–Kier alpha value is -1.07. The van der Waals surface area contributed by atoms with E-state index < -0.39 is 0 Å². The average molecular weight is 292 g/mol. The van der Waals surface area contributed by atoms with Crippen LogP contribution in [0.1, 0.15) is 23.8 Å². The normalized spacial score (nSPS) is 14.0. The van der Waals surface area contributed by atoms with Crippen molar-refractivity contribution in [3.05, 3.63) is 32.9 Å². The standard InChI is InChI=1S/C14H16N2OS2/c1-8(2)7-16-13(17)11-9-5-4-6-10(9)19-12(11)15-14(16)18-3/h1,4-7H2,2-3H3. The molecule has 3 rings (SSSR count). The van der Waals surface area contributed by atoms with Gasteiger partial charge in [-0.1, -0.05) is 23.9 Å². The van der Waals surface area contributed by atoms with Crippen LogP contribution in [0.15, 0.2) is 22.1 Å². The fourth-order valence-corrected chi connectivity index (χ4v) is 4.48. The van der Waals surface area contributed by atoms with Crippen LogP contribution in [0.5, 0.6) is 0 Å². The van der Waals surface area contributed by atoms with Crippen LogP contribution in [0, 0.1) is 0 Å². The third-order valence-electron chi connectivity index (χ3n) is 3.40. The number of hydrogen-bond acceptors (Lipinski definition) is 4. The molecule has 1 aliphatic carbocycles. The molecule has 0 radical (unpaired) electrons. The lowest BCUT2D eigenvalue weighted by molar-refractivity contribution is 0.653.